The van der Waals surface area contributed by atoms with E-state index in [-0.39, 0.29) is 18.4 Å². The Morgan fingerprint density at radius 3 is 2.48 bits per heavy atom. The van der Waals surface area contributed by atoms with Gasteiger partial charge in [0.1, 0.15) is 5.75 Å². The second kappa shape index (κ2) is 7.67. The second-order valence-electron chi connectivity index (χ2n) is 5.35. The lowest BCUT2D eigenvalue weighted by molar-refractivity contribution is -0.139. The van der Waals surface area contributed by atoms with Crippen LogP contribution in [0.1, 0.15) is 31.2 Å². The highest BCUT2D eigenvalue weighted by Gasteiger charge is 2.21. The number of carbonyl (C=O) groups excluding carboxylic acids is 1. The Kier molecular flexibility index (Phi) is 5.60. The van der Waals surface area contributed by atoms with Crippen molar-refractivity contribution in [3.63, 3.8) is 0 Å². The van der Waals surface area contributed by atoms with Gasteiger partial charge in [-0.3, -0.25) is 4.79 Å². The smallest absolute Gasteiger partial charge is 0.341 e. The largest absolute Gasteiger partial charge is 0.482 e. The number of carboxylic acids is 1. The number of hydrogen-bond donors (Lipinski definition) is 2. The molecule has 1 aromatic rings. The molecule has 1 aliphatic carbocycles. The van der Waals surface area contributed by atoms with Crippen LogP contribution >= 0.6 is 0 Å². The number of carboxylic acid groups (broad SMARTS) is 1. The zero-order valence-corrected chi connectivity index (χ0v) is 12.0. The van der Waals surface area contributed by atoms with Crippen LogP contribution in [-0.2, 0) is 16.0 Å². The van der Waals surface area contributed by atoms with Gasteiger partial charge in [0.05, 0.1) is 0 Å². The molecule has 1 saturated carbocycles. The summed E-state index contributed by atoms with van der Waals surface area (Å²) in [7, 11) is 0. The Labute approximate surface area is 124 Å². The molecule has 0 aromatic heterocycles. The molecule has 1 amide bonds. The fraction of sp³-hybridized carbons (Fsp3) is 0.500. The normalized spacial score (nSPS) is 14.9. The molecule has 0 bridgehead atoms. The molecule has 0 atom stereocenters. The number of ether oxygens (including phenoxy) is 1. The van der Waals surface area contributed by atoms with Gasteiger partial charge in [0.25, 0.3) is 0 Å². The summed E-state index contributed by atoms with van der Waals surface area (Å²) < 4.78 is 5.06. The summed E-state index contributed by atoms with van der Waals surface area (Å²) in [6, 6.07) is 7.27. The summed E-state index contributed by atoms with van der Waals surface area (Å²) in [5, 5.41) is 11.5. The van der Waals surface area contributed by atoms with E-state index in [9.17, 15) is 9.59 Å². The zero-order valence-electron chi connectivity index (χ0n) is 12.0. The monoisotopic (exact) mass is 291 g/mol. The number of rotatable bonds is 7. The van der Waals surface area contributed by atoms with E-state index in [0.717, 1.165) is 37.7 Å². The predicted octanol–water partition coefficient (Wildman–Crippen LogP) is 2.00. The van der Waals surface area contributed by atoms with E-state index in [1.165, 1.54) is 0 Å². The van der Waals surface area contributed by atoms with Crippen molar-refractivity contribution in [2.45, 2.75) is 32.1 Å². The standard InChI is InChI=1S/C16H21NO4/c18-15(19)11-21-14-7-5-12(6-8-14)9-10-17-16(20)13-3-1-2-4-13/h5-8,13H,1-4,9-11H2,(H,17,20)(H,18,19). The molecule has 1 fully saturated rings. The maximum atomic E-state index is 11.9. The first kappa shape index (κ1) is 15.4. The molecule has 5 heteroatoms. The van der Waals surface area contributed by atoms with Crippen molar-refractivity contribution in [1.82, 2.24) is 5.32 Å². The molecule has 0 spiro atoms. The number of nitrogens with one attached hydrogen (secondary N) is 1. The first-order valence-electron chi connectivity index (χ1n) is 7.36. The molecular weight excluding hydrogens is 270 g/mol. The Morgan fingerprint density at radius 2 is 1.86 bits per heavy atom. The van der Waals surface area contributed by atoms with E-state index in [2.05, 4.69) is 5.32 Å². The highest BCUT2D eigenvalue weighted by Crippen LogP contribution is 2.24. The maximum absolute atomic E-state index is 11.9. The van der Waals surface area contributed by atoms with Crippen LogP contribution in [0.3, 0.4) is 0 Å². The first-order valence-corrected chi connectivity index (χ1v) is 7.36. The van der Waals surface area contributed by atoms with E-state index in [1.54, 1.807) is 12.1 Å². The van der Waals surface area contributed by atoms with Crippen LogP contribution in [0.5, 0.6) is 5.75 Å². The minimum atomic E-state index is -0.992. The summed E-state index contributed by atoms with van der Waals surface area (Å²) in [5.74, 6) is -0.0736. The summed E-state index contributed by atoms with van der Waals surface area (Å²) in [4.78, 5) is 22.2. The molecule has 5 nitrogen and oxygen atoms in total. The Bertz CT molecular complexity index is 478. The molecular formula is C16H21NO4. The third-order valence-corrected chi connectivity index (χ3v) is 3.72. The van der Waals surface area contributed by atoms with Gasteiger partial charge in [0.2, 0.25) is 5.91 Å². The number of carbonyl (C=O) groups is 2. The van der Waals surface area contributed by atoms with Gasteiger partial charge in [-0.1, -0.05) is 25.0 Å². The maximum Gasteiger partial charge on any atom is 0.341 e. The van der Waals surface area contributed by atoms with Crippen LogP contribution in [0, 0.1) is 5.92 Å². The summed E-state index contributed by atoms with van der Waals surface area (Å²) >= 11 is 0. The van der Waals surface area contributed by atoms with E-state index < -0.39 is 5.97 Å². The van der Waals surface area contributed by atoms with Crippen molar-refractivity contribution < 1.29 is 19.4 Å². The molecule has 0 unspecified atom stereocenters. The Hall–Kier alpha value is -2.04. The van der Waals surface area contributed by atoms with Gasteiger partial charge in [-0.15, -0.1) is 0 Å². The zero-order chi connectivity index (χ0) is 15.1. The average molecular weight is 291 g/mol. The fourth-order valence-corrected chi connectivity index (χ4v) is 2.56. The van der Waals surface area contributed by atoms with Crippen molar-refractivity contribution in [3.8, 4) is 5.75 Å². The predicted molar refractivity (Wildman–Crippen MR) is 78.2 cm³/mol. The molecule has 114 valence electrons. The molecule has 0 radical (unpaired) electrons. The molecule has 21 heavy (non-hydrogen) atoms. The fourth-order valence-electron chi connectivity index (χ4n) is 2.56. The molecule has 0 aliphatic heterocycles. The van der Waals surface area contributed by atoms with Crippen LogP contribution in [0.2, 0.25) is 0 Å². The van der Waals surface area contributed by atoms with Crippen molar-refractivity contribution in [1.29, 1.82) is 0 Å². The Balaban J connectivity index is 1.70. The van der Waals surface area contributed by atoms with Crippen molar-refractivity contribution >= 4 is 11.9 Å². The average Bonchev–Trinajstić information content (AvgIpc) is 3.00. The number of hydrogen-bond acceptors (Lipinski definition) is 3. The first-order chi connectivity index (χ1) is 10.1. The van der Waals surface area contributed by atoms with Crippen LogP contribution in [0.25, 0.3) is 0 Å². The Morgan fingerprint density at radius 1 is 1.19 bits per heavy atom. The molecule has 2 rings (SSSR count). The van der Waals surface area contributed by atoms with Crippen molar-refractivity contribution in [2.75, 3.05) is 13.2 Å². The summed E-state index contributed by atoms with van der Waals surface area (Å²) in [5.41, 5.74) is 1.09. The number of amides is 1. The van der Waals surface area contributed by atoms with Crippen LogP contribution in [-0.4, -0.2) is 30.1 Å². The van der Waals surface area contributed by atoms with Crippen molar-refractivity contribution in [2.24, 2.45) is 5.92 Å². The second-order valence-corrected chi connectivity index (χ2v) is 5.35. The number of aliphatic carboxylic acids is 1. The van der Waals surface area contributed by atoms with Gasteiger partial charge >= 0.3 is 5.97 Å². The lowest BCUT2D eigenvalue weighted by Gasteiger charge is -2.10. The molecule has 2 N–H and O–H groups in total. The third-order valence-electron chi connectivity index (χ3n) is 3.72. The van der Waals surface area contributed by atoms with Crippen LogP contribution in [0.15, 0.2) is 24.3 Å². The minimum Gasteiger partial charge on any atom is -0.482 e. The van der Waals surface area contributed by atoms with Gasteiger partial charge in [-0.2, -0.15) is 0 Å². The minimum absolute atomic E-state index is 0.175. The van der Waals surface area contributed by atoms with Crippen LogP contribution in [0.4, 0.5) is 0 Å². The third kappa shape index (κ3) is 5.10. The highest BCUT2D eigenvalue weighted by molar-refractivity contribution is 5.78. The number of benzene rings is 1. The van der Waals surface area contributed by atoms with E-state index in [4.69, 9.17) is 9.84 Å². The summed E-state index contributed by atoms with van der Waals surface area (Å²) in [6.07, 6.45) is 5.12. The van der Waals surface area contributed by atoms with Gasteiger partial charge in [-0.25, -0.2) is 4.79 Å². The van der Waals surface area contributed by atoms with Gasteiger partial charge in [0.15, 0.2) is 6.61 Å². The molecule has 0 saturated heterocycles. The molecule has 1 aromatic carbocycles. The van der Waals surface area contributed by atoms with Crippen LogP contribution < -0.4 is 10.1 Å². The van der Waals surface area contributed by atoms with E-state index in [0.29, 0.717) is 12.3 Å². The van der Waals surface area contributed by atoms with Gasteiger partial charge < -0.3 is 15.2 Å². The quantitative estimate of drug-likeness (QED) is 0.805. The lowest BCUT2D eigenvalue weighted by atomic mass is 10.1. The SMILES string of the molecule is O=C(O)COc1ccc(CCNC(=O)C2CCCC2)cc1. The molecule has 0 heterocycles. The van der Waals surface area contributed by atoms with Gasteiger partial charge in [0, 0.05) is 12.5 Å². The summed E-state index contributed by atoms with van der Waals surface area (Å²) in [6.45, 7) is 0.293. The lowest BCUT2D eigenvalue weighted by Crippen LogP contribution is -2.30. The van der Waals surface area contributed by atoms with E-state index >= 15 is 0 Å². The van der Waals surface area contributed by atoms with Crippen molar-refractivity contribution in [3.05, 3.63) is 29.8 Å². The van der Waals surface area contributed by atoms with Gasteiger partial charge in [-0.05, 0) is 37.0 Å². The topological polar surface area (TPSA) is 75.6 Å². The highest BCUT2D eigenvalue weighted by atomic mass is 16.5. The van der Waals surface area contributed by atoms with E-state index in [1.807, 2.05) is 12.1 Å². The molecule has 1 aliphatic rings.